The summed E-state index contributed by atoms with van der Waals surface area (Å²) in [6, 6.07) is 0.293. The van der Waals surface area contributed by atoms with Crippen molar-refractivity contribution in [3.63, 3.8) is 0 Å². The van der Waals surface area contributed by atoms with Crippen molar-refractivity contribution in [1.29, 1.82) is 0 Å². The minimum Gasteiger partial charge on any atom is -0.0576 e. The lowest BCUT2D eigenvalue weighted by Crippen LogP contribution is -1.75. The maximum atomic E-state index is 7.72. The summed E-state index contributed by atoms with van der Waals surface area (Å²) < 4.78 is 30.9. The summed E-state index contributed by atoms with van der Waals surface area (Å²) in [5, 5.41) is 0. The third-order valence-electron chi connectivity index (χ3n) is 1.60. The van der Waals surface area contributed by atoms with E-state index in [0.717, 1.165) is 12.8 Å². The lowest BCUT2D eigenvalue weighted by Gasteiger charge is -1.95. The van der Waals surface area contributed by atoms with Crippen LogP contribution in [0.15, 0.2) is 28.6 Å². The Labute approximate surface area is 75.0 Å². The van der Waals surface area contributed by atoms with E-state index in [0.29, 0.717) is 5.56 Å². The number of hydrogen-bond donors (Lipinski definition) is 0. The van der Waals surface area contributed by atoms with Gasteiger partial charge in [0.1, 0.15) is 0 Å². The normalized spacial score (nSPS) is 22.9. The van der Waals surface area contributed by atoms with Gasteiger partial charge < -0.3 is 0 Å². The Hall–Kier alpha value is -0.300. The lowest BCUT2D eigenvalue weighted by atomic mass is 10.1. The second-order valence-electron chi connectivity index (χ2n) is 2.50. The highest BCUT2D eigenvalue weighted by molar-refractivity contribution is 9.10. The second kappa shape index (κ2) is 2.39. The average molecular weight is 201 g/mol. The van der Waals surface area contributed by atoms with E-state index < -0.39 is 0 Å². The molecule has 0 N–H and O–H groups in total. The van der Waals surface area contributed by atoms with Crippen LogP contribution < -0.4 is 0 Å². The first-order valence-electron chi connectivity index (χ1n) is 5.29. The monoisotopic (exact) mass is 200 g/mol. The molecule has 0 atom stereocenters. The molecule has 1 fully saturated rings. The molecule has 0 aromatic heterocycles. The predicted octanol–water partition coefficient (Wildman–Crippen LogP) is 3.33. The van der Waals surface area contributed by atoms with E-state index in [4.69, 9.17) is 5.48 Å². The van der Waals surface area contributed by atoms with Crippen LogP contribution in [0.2, 0.25) is 0 Å². The molecule has 0 spiro atoms. The molecule has 1 aliphatic rings. The highest BCUT2D eigenvalue weighted by atomic mass is 79.9. The Balaban J connectivity index is 2.69. The largest absolute Gasteiger partial charge is 0.0635 e. The van der Waals surface area contributed by atoms with E-state index in [1.165, 1.54) is 0 Å². The third kappa shape index (κ3) is 1.24. The molecule has 1 aliphatic carbocycles. The third-order valence-corrected chi connectivity index (χ3v) is 2.00. The zero-order valence-corrected chi connectivity index (χ0v) is 6.96. The lowest BCUT2D eigenvalue weighted by molar-refractivity contribution is 1.13. The van der Waals surface area contributed by atoms with Crippen molar-refractivity contribution < 1.29 is 5.48 Å². The molecule has 0 heterocycles. The predicted molar refractivity (Wildman–Crippen MR) is 46.1 cm³/mol. The molecule has 0 saturated heterocycles. The number of benzene rings is 1. The number of hydrogen-bond acceptors (Lipinski definition) is 0. The first kappa shape index (κ1) is 3.40. The standard InChI is InChI=1S/C9H9Br/c10-9-5-3-8(4-6-9)7-1-2-7/h3-7H,1-2H2/i3D,4D,5D,6D. The minimum absolute atomic E-state index is 0.0351. The summed E-state index contributed by atoms with van der Waals surface area (Å²) in [5.74, 6) is 0.247. The second-order valence-corrected chi connectivity index (χ2v) is 3.29. The Bertz CT molecular complexity index is 369. The highest BCUT2D eigenvalue weighted by Gasteiger charge is 2.22. The molecule has 1 aromatic rings. The molecule has 1 saturated carbocycles. The molecule has 2 rings (SSSR count). The van der Waals surface area contributed by atoms with E-state index in [2.05, 4.69) is 15.9 Å². The van der Waals surface area contributed by atoms with Gasteiger partial charge in [-0.1, -0.05) is 28.0 Å². The SMILES string of the molecule is [2H]c1c([2H])c(C2CC2)c([2H])c([2H])c1Br. The van der Waals surface area contributed by atoms with Crippen molar-refractivity contribution in [1.82, 2.24) is 0 Å². The van der Waals surface area contributed by atoms with E-state index in [9.17, 15) is 0 Å². The molecule has 52 valence electrons. The molecule has 0 aliphatic heterocycles. The summed E-state index contributed by atoms with van der Waals surface area (Å²) in [7, 11) is 0. The van der Waals surface area contributed by atoms with Gasteiger partial charge in [-0.05, 0) is 36.4 Å². The highest BCUT2D eigenvalue weighted by Crippen LogP contribution is 2.40. The maximum Gasteiger partial charge on any atom is 0.0635 e. The summed E-state index contributed by atoms with van der Waals surface area (Å²) in [4.78, 5) is 0. The summed E-state index contributed by atoms with van der Waals surface area (Å²) in [5.41, 5.74) is 0.586. The molecule has 0 bridgehead atoms. The van der Waals surface area contributed by atoms with Crippen molar-refractivity contribution in [2.24, 2.45) is 0 Å². The van der Waals surface area contributed by atoms with Crippen LogP contribution in [0, 0.1) is 0 Å². The molecular formula is C9H9Br. The number of halogens is 1. The molecular weight excluding hydrogens is 188 g/mol. The molecule has 1 aromatic carbocycles. The van der Waals surface area contributed by atoms with Crippen molar-refractivity contribution in [2.45, 2.75) is 18.8 Å². The van der Waals surface area contributed by atoms with Gasteiger partial charge in [0.15, 0.2) is 0 Å². The van der Waals surface area contributed by atoms with E-state index in [1.807, 2.05) is 0 Å². The summed E-state index contributed by atoms with van der Waals surface area (Å²) >= 11 is 3.07. The first-order valence-corrected chi connectivity index (χ1v) is 4.09. The van der Waals surface area contributed by atoms with Crippen LogP contribution in [0.25, 0.3) is 0 Å². The van der Waals surface area contributed by atoms with Gasteiger partial charge in [0.25, 0.3) is 0 Å². The fourth-order valence-corrected chi connectivity index (χ4v) is 1.08. The summed E-state index contributed by atoms with van der Waals surface area (Å²) in [6.45, 7) is 0. The zero-order valence-electron chi connectivity index (χ0n) is 9.37. The van der Waals surface area contributed by atoms with Crippen molar-refractivity contribution in [3.8, 4) is 0 Å². The van der Waals surface area contributed by atoms with Gasteiger partial charge in [-0.25, -0.2) is 0 Å². The quantitative estimate of drug-likeness (QED) is 0.653. The Kier molecular flexibility index (Phi) is 0.811. The van der Waals surface area contributed by atoms with Crippen LogP contribution in [0.5, 0.6) is 0 Å². The zero-order chi connectivity index (χ0) is 10.5. The van der Waals surface area contributed by atoms with E-state index >= 15 is 0 Å². The maximum absolute atomic E-state index is 7.72. The van der Waals surface area contributed by atoms with Crippen LogP contribution in [0.1, 0.15) is 29.8 Å². The molecule has 10 heavy (non-hydrogen) atoms. The van der Waals surface area contributed by atoms with Gasteiger partial charge in [0, 0.05) is 4.47 Å². The van der Waals surface area contributed by atoms with E-state index in [-0.39, 0.29) is 34.6 Å². The van der Waals surface area contributed by atoms with Crippen LogP contribution in [0.4, 0.5) is 0 Å². The molecule has 0 nitrogen and oxygen atoms in total. The fourth-order valence-electron chi connectivity index (χ4n) is 0.883. The van der Waals surface area contributed by atoms with Gasteiger partial charge >= 0.3 is 0 Å². The van der Waals surface area contributed by atoms with Gasteiger partial charge in [-0.15, -0.1) is 0 Å². The smallest absolute Gasteiger partial charge is 0.0576 e. The number of rotatable bonds is 1. The van der Waals surface area contributed by atoms with Gasteiger partial charge in [0.2, 0.25) is 0 Å². The van der Waals surface area contributed by atoms with Crippen LogP contribution in [-0.4, -0.2) is 0 Å². The van der Waals surface area contributed by atoms with Crippen LogP contribution >= 0.6 is 15.9 Å². The molecule has 0 radical (unpaired) electrons. The fraction of sp³-hybridized carbons (Fsp3) is 0.333. The molecule has 0 unspecified atom stereocenters. The van der Waals surface area contributed by atoms with Gasteiger partial charge in [-0.2, -0.15) is 0 Å². The van der Waals surface area contributed by atoms with Gasteiger partial charge in [-0.3, -0.25) is 0 Å². The molecule has 0 amide bonds. The van der Waals surface area contributed by atoms with Crippen molar-refractivity contribution in [3.05, 3.63) is 34.2 Å². The topological polar surface area (TPSA) is 0 Å². The summed E-state index contributed by atoms with van der Waals surface area (Å²) in [6.07, 6.45) is 1.97. The Morgan fingerprint density at radius 3 is 2.40 bits per heavy atom. The molecule has 1 heteroatoms. The Morgan fingerprint density at radius 1 is 1.30 bits per heavy atom. The first-order chi connectivity index (χ1) is 6.54. The Morgan fingerprint density at radius 2 is 1.90 bits per heavy atom. The van der Waals surface area contributed by atoms with Crippen molar-refractivity contribution >= 4 is 15.9 Å². The minimum atomic E-state index is 0.0351. The van der Waals surface area contributed by atoms with E-state index in [1.54, 1.807) is 0 Å². The average Bonchev–Trinajstić information content (AvgIpc) is 2.96. The van der Waals surface area contributed by atoms with Gasteiger partial charge in [0.05, 0.1) is 5.48 Å². The van der Waals surface area contributed by atoms with Crippen LogP contribution in [-0.2, 0) is 0 Å². The van der Waals surface area contributed by atoms with Crippen molar-refractivity contribution in [2.75, 3.05) is 0 Å². The van der Waals surface area contributed by atoms with Crippen LogP contribution in [0.3, 0.4) is 0 Å².